The second kappa shape index (κ2) is 5.23. The number of hydrogen-bond acceptors (Lipinski definition) is 3. The van der Waals surface area contributed by atoms with Gasteiger partial charge in [0, 0.05) is 0 Å². The van der Waals surface area contributed by atoms with Crippen LogP contribution in [-0.2, 0) is 0 Å². The molecule has 5 heteroatoms. The number of rotatable bonds is 4. The Morgan fingerprint density at radius 1 is 1.60 bits per heavy atom. The van der Waals surface area contributed by atoms with Gasteiger partial charge in [0.05, 0.1) is 23.7 Å². The molecule has 0 fully saturated rings. The van der Waals surface area contributed by atoms with Gasteiger partial charge in [0.25, 0.3) is 0 Å². The van der Waals surface area contributed by atoms with Gasteiger partial charge >= 0.3 is 0 Å². The van der Waals surface area contributed by atoms with Crippen LogP contribution in [0.1, 0.15) is 10.4 Å². The average Bonchev–Trinajstić information content (AvgIpc) is 2.21. The highest BCUT2D eigenvalue weighted by Crippen LogP contribution is 2.26. The van der Waals surface area contributed by atoms with Crippen LogP contribution in [0.2, 0.25) is 0 Å². The van der Waals surface area contributed by atoms with Crippen molar-refractivity contribution < 1.29 is 13.9 Å². The number of Topliss-reactive ketones (excluding diaryl/α,β-unsaturated/α-hetero) is 1. The summed E-state index contributed by atoms with van der Waals surface area (Å²) in [6, 6.07) is 2.61. The van der Waals surface area contributed by atoms with Crippen LogP contribution in [0.5, 0.6) is 5.75 Å². The molecule has 0 bridgehead atoms. The Hall–Kier alpha value is -0.940. The van der Waals surface area contributed by atoms with Crippen LogP contribution in [0.4, 0.5) is 4.39 Å². The van der Waals surface area contributed by atoms with E-state index < -0.39 is 5.82 Å². The molecule has 0 aromatic heterocycles. The topological polar surface area (TPSA) is 38.3 Å². The number of ether oxygens (including phenoxy) is 1. The van der Waals surface area contributed by atoms with Crippen molar-refractivity contribution in [2.24, 2.45) is 0 Å². The monoisotopic (exact) mass is 275 g/mol. The van der Waals surface area contributed by atoms with Crippen molar-refractivity contribution in [3.05, 3.63) is 28.0 Å². The predicted octanol–water partition coefficient (Wildman–Crippen LogP) is 2.00. The van der Waals surface area contributed by atoms with Crippen molar-refractivity contribution >= 4 is 21.7 Å². The molecule has 0 heterocycles. The normalized spacial score (nSPS) is 10.1. The van der Waals surface area contributed by atoms with Gasteiger partial charge in [-0.05, 0) is 35.1 Å². The van der Waals surface area contributed by atoms with E-state index >= 15 is 0 Å². The van der Waals surface area contributed by atoms with E-state index in [0.717, 1.165) is 0 Å². The lowest BCUT2D eigenvalue weighted by molar-refractivity contribution is 0.0990. The molecular formula is C10H11BrFNO2. The molecule has 15 heavy (non-hydrogen) atoms. The molecule has 0 unspecified atom stereocenters. The summed E-state index contributed by atoms with van der Waals surface area (Å²) in [6.07, 6.45) is 0. The second-order valence-corrected chi connectivity index (χ2v) is 3.77. The maximum absolute atomic E-state index is 13.2. The van der Waals surface area contributed by atoms with Crippen LogP contribution in [0.15, 0.2) is 16.6 Å². The summed E-state index contributed by atoms with van der Waals surface area (Å²) in [4.78, 5) is 11.6. The van der Waals surface area contributed by atoms with E-state index in [4.69, 9.17) is 4.74 Å². The minimum atomic E-state index is -0.477. The minimum Gasteiger partial charge on any atom is -0.496 e. The van der Waals surface area contributed by atoms with E-state index in [1.54, 1.807) is 7.05 Å². The Balaban J connectivity index is 3.15. The molecule has 1 rings (SSSR count). The first-order chi connectivity index (χ1) is 7.10. The van der Waals surface area contributed by atoms with Gasteiger partial charge in [-0.3, -0.25) is 4.79 Å². The molecule has 0 aliphatic rings. The number of nitrogens with one attached hydrogen (secondary N) is 1. The van der Waals surface area contributed by atoms with E-state index in [-0.39, 0.29) is 22.4 Å². The molecule has 1 aromatic rings. The van der Waals surface area contributed by atoms with Crippen LogP contribution in [-0.4, -0.2) is 26.5 Å². The minimum absolute atomic E-state index is 0.150. The maximum Gasteiger partial charge on any atom is 0.180 e. The van der Waals surface area contributed by atoms with E-state index in [2.05, 4.69) is 21.2 Å². The van der Waals surface area contributed by atoms with Crippen LogP contribution in [0, 0.1) is 5.82 Å². The summed E-state index contributed by atoms with van der Waals surface area (Å²) in [5.41, 5.74) is 0.243. The summed E-state index contributed by atoms with van der Waals surface area (Å²) in [5.74, 6) is -0.320. The first-order valence-corrected chi connectivity index (χ1v) is 5.10. The summed E-state index contributed by atoms with van der Waals surface area (Å²) in [6.45, 7) is 0.150. The summed E-state index contributed by atoms with van der Waals surface area (Å²) < 4.78 is 18.5. The molecule has 1 N–H and O–H groups in total. The quantitative estimate of drug-likeness (QED) is 0.855. The number of halogens is 2. The fraction of sp³-hybridized carbons (Fsp3) is 0.300. The van der Waals surface area contributed by atoms with E-state index in [1.165, 1.54) is 19.2 Å². The Labute approximate surface area is 95.7 Å². The number of methoxy groups -OCH3 is 1. The fourth-order valence-electron chi connectivity index (χ4n) is 1.17. The van der Waals surface area contributed by atoms with Gasteiger partial charge in [-0.2, -0.15) is 0 Å². The summed E-state index contributed by atoms with van der Waals surface area (Å²) in [5, 5.41) is 2.71. The third-order valence-corrected chi connectivity index (χ3v) is 2.49. The molecule has 1 aromatic carbocycles. The zero-order valence-corrected chi connectivity index (χ0v) is 10.0. The number of carbonyl (C=O) groups excluding carboxylic acids is 1. The number of likely N-dealkylation sites (N-methyl/N-ethyl adjacent to an activating group) is 1. The molecule has 0 atom stereocenters. The van der Waals surface area contributed by atoms with Crippen molar-refractivity contribution in [3.8, 4) is 5.75 Å². The zero-order valence-electron chi connectivity index (χ0n) is 8.43. The molecule has 0 amide bonds. The molecular weight excluding hydrogens is 265 g/mol. The van der Waals surface area contributed by atoms with E-state index in [1.807, 2.05) is 0 Å². The third kappa shape index (κ3) is 2.76. The van der Waals surface area contributed by atoms with E-state index in [9.17, 15) is 9.18 Å². The molecule has 0 aliphatic heterocycles. The number of carbonyl (C=O) groups is 1. The largest absolute Gasteiger partial charge is 0.496 e. The molecule has 0 saturated heterocycles. The Morgan fingerprint density at radius 2 is 2.27 bits per heavy atom. The van der Waals surface area contributed by atoms with Crippen molar-refractivity contribution in [3.63, 3.8) is 0 Å². The Bertz CT molecular complexity index is 382. The van der Waals surface area contributed by atoms with Crippen molar-refractivity contribution in [2.45, 2.75) is 0 Å². The molecule has 3 nitrogen and oxygen atoms in total. The van der Waals surface area contributed by atoms with Gasteiger partial charge in [-0.25, -0.2) is 4.39 Å². The highest BCUT2D eigenvalue weighted by molar-refractivity contribution is 9.10. The van der Waals surface area contributed by atoms with Gasteiger partial charge < -0.3 is 10.1 Å². The van der Waals surface area contributed by atoms with Gasteiger partial charge in [-0.15, -0.1) is 0 Å². The smallest absolute Gasteiger partial charge is 0.180 e. The van der Waals surface area contributed by atoms with Crippen LogP contribution in [0.3, 0.4) is 0 Å². The fourth-order valence-corrected chi connectivity index (χ4v) is 1.49. The number of ketones is 1. The third-order valence-electron chi connectivity index (χ3n) is 1.88. The van der Waals surface area contributed by atoms with Crippen molar-refractivity contribution in [2.75, 3.05) is 20.7 Å². The molecule has 0 radical (unpaired) electrons. The van der Waals surface area contributed by atoms with Crippen LogP contribution >= 0.6 is 15.9 Å². The lowest BCUT2D eigenvalue weighted by atomic mass is 10.1. The SMILES string of the molecule is CNCC(=O)c1cc(F)c(Br)cc1OC. The Kier molecular flexibility index (Phi) is 4.23. The highest BCUT2D eigenvalue weighted by atomic mass is 79.9. The number of benzene rings is 1. The van der Waals surface area contributed by atoms with Crippen LogP contribution in [0.25, 0.3) is 0 Å². The molecule has 0 aliphatic carbocycles. The predicted molar refractivity (Wildman–Crippen MR) is 58.9 cm³/mol. The maximum atomic E-state index is 13.2. The van der Waals surface area contributed by atoms with Gasteiger partial charge in [-0.1, -0.05) is 0 Å². The lowest BCUT2D eigenvalue weighted by Crippen LogP contribution is -2.19. The number of hydrogen-bond donors (Lipinski definition) is 1. The Morgan fingerprint density at radius 3 is 2.80 bits per heavy atom. The van der Waals surface area contributed by atoms with E-state index in [0.29, 0.717) is 5.75 Å². The van der Waals surface area contributed by atoms with Crippen LogP contribution < -0.4 is 10.1 Å². The molecule has 0 saturated carbocycles. The second-order valence-electron chi connectivity index (χ2n) is 2.92. The van der Waals surface area contributed by atoms with Crippen molar-refractivity contribution in [1.82, 2.24) is 5.32 Å². The molecule has 82 valence electrons. The highest BCUT2D eigenvalue weighted by Gasteiger charge is 2.14. The average molecular weight is 276 g/mol. The van der Waals surface area contributed by atoms with Gasteiger partial charge in [0.1, 0.15) is 11.6 Å². The summed E-state index contributed by atoms with van der Waals surface area (Å²) >= 11 is 3.03. The van der Waals surface area contributed by atoms with Gasteiger partial charge in [0.2, 0.25) is 0 Å². The lowest BCUT2D eigenvalue weighted by Gasteiger charge is -2.08. The van der Waals surface area contributed by atoms with Crippen molar-refractivity contribution in [1.29, 1.82) is 0 Å². The standard InChI is InChI=1S/C10H11BrFNO2/c1-13-5-9(14)6-3-8(12)7(11)4-10(6)15-2/h3-4,13H,5H2,1-2H3. The first kappa shape index (κ1) is 12.1. The molecule has 0 spiro atoms. The first-order valence-electron chi connectivity index (χ1n) is 4.31. The van der Waals surface area contributed by atoms with Gasteiger partial charge in [0.15, 0.2) is 5.78 Å². The summed E-state index contributed by atoms with van der Waals surface area (Å²) in [7, 11) is 3.09. The zero-order chi connectivity index (χ0) is 11.4.